The molecule has 0 spiro atoms. The zero-order valence-corrected chi connectivity index (χ0v) is 17.5. The molecule has 158 valence electrons. The van der Waals surface area contributed by atoms with E-state index in [1.54, 1.807) is 12.4 Å². The van der Waals surface area contributed by atoms with E-state index in [9.17, 15) is 0 Å². The first-order valence-electron chi connectivity index (χ1n) is 10.9. The van der Waals surface area contributed by atoms with Gasteiger partial charge in [-0.15, -0.1) is 0 Å². The average molecular weight is 415 g/mol. The monoisotopic (exact) mass is 414 g/mol. The van der Waals surface area contributed by atoms with Crippen molar-refractivity contribution in [3.63, 3.8) is 0 Å². The zero-order valence-electron chi connectivity index (χ0n) is 17.5. The summed E-state index contributed by atoms with van der Waals surface area (Å²) in [5.74, 6) is 1.43. The Morgan fingerprint density at radius 3 is 2.68 bits per heavy atom. The highest BCUT2D eigenvalue weighted by atomic mass is 16.5. The molecule has 1 fully saturated rings. The van der Waals surface area contributed by atoms with E-state index in [-0.39, 0.29) is 0 Å². The Labute approximate surface area is 181 Å². The summed E-state index contributed by atoms with van der Waals surface area (Å²) in [5, 5.41) is 3.30. The number of anilines is 2. The molecule has 0 radical (unpaired) electrons. The summed E-state index contributed by atoms with van der Waals surface area (Å²) in [5.41, 5.74) is 3.76. The standard InChI is InChI=1S/C25H26N4O2/c1-2-14-29(15-3-1)16-11-19-5-4-6-20(17-19)27-25-28-23-8-7-22(18-24(23)31-25)30-21-9-12-26-13-10-21/h4-10,12-13,17-18H,1-3,11,14-16H2,(H,27,28). The van der Waals surface area contributed by atoms with Crippen LogP contribution in [0, 0.1) is 0 Å². The third-order valence-corrected chi connectivity index (χ3v) is 5.59. The summed E-state index contributed by atoms with van der Waals surface area (Å²) in [7, 11) is 0. The van der Waals surface area contributed by atoms with Gasteiger partial charge in [-0.3, -0.25) is 4.98 Å². The van der Waals surface area contributed by atoms with E-state index in [0.29, 0.717) is 17.3 Å². The lowest BCUT2D eigenvalue weighted by atomic mass is 10.1. The van der Waals surface area contributed by atoms with E-state index in [1.165, 1.54) is 37.9 Å². The number of rotatable bonds is 7. The fourth-order valence-corrected chi connectivity index (χ4v) is 3.96. The first-order chi connectivity index (χ1) is 15.3. The van der Waals surface area contributed by atoms with Crippen LogP contribution in [0.1, 0.15) is 24.8 Å². The van der Waals surface area contributed by atoms with Crippen LogP contribution in [0.2, 0.25) is 0 Å². The fraction of sp³-hybridized carbons (Fsp3) is 0.280. The minimum absolute atomic E-state index is 0.476. The van der Waals surface area contributed by atoms with Crippen LogP contribution in [-0.4, -0.2) is 34.5 Å². The molecule has 0 amide bonds. The van der Waals surface area contributed by atoms with Crippen molar-refractivity contribution in [2.45, 2.75) is 25.7 Å². The molecule has 6 heteroatoms. The highest BCUT2D eigenvalue weighted by Gasteiger charge is 2.11. The number of likely N-dealkylation sites (tertiary alicyclic amines) is 1. The Morgan fingerprint density at radius 2 is 1.81 bits per heavy atom. The molecule has 0 unspecified atom stereocenters. The summed E-state index contributed by atoms with van der Waals surface area (Å²) in [6.45, 7) is 3.58. The van der Waals surface area contributed by atoms with E-state index in [0.717, 1.165) is 29.9 Å². The van der Waals surface area contributed by atoms with Crippen LogP contribution in [0.4, 0.5) is 11.7 Å². The van der Waals surface area contributed by atoms with Gasteiger partial charge in [0.05, 0.1) is 0 Å². The van der Waals surface area contributed by atoms with Gasteiger partial charge in [-0.25, -0.2) is 0 Å². The number of pyridine rings is 1. The van der Waals surface area contributed by atoms with E-state index in [2.05, 4.69) is 38.4 Å². The minimum atomic E-state index is 0.476. The van der Waals surface area contributed by atoms with Crippen LogP contribution in [0.3, 0.4) is 0 Å². The van der Waals surface area contributed by atoms with Crippen molar-refractivity contribution in [2.24, 2.45) is 0 Å². The third-order valence-electron chi connectivity index (χ3n) is 5.59. The number of hydrogen-bond donors (Lipinski definition) is 1. The van der Waals surface area contributed by atoms with Gasteiger partial charge >= 0.3 is 0 Å². The number of oxazole rings is 1. The Bertz CT molecular complexity index is 1140. The molecule has 0 bridgehead atoms. The van der Waals surface area contributed by atoms with Crippen LogP contribution < -0.4 is 10.1 Å². The van der Waals surface area contributed by atoms with Crippen LogP contribution in [0.5, 0.6) is 11.5 Å². The molecule has 3 heterocycles. The quantitative estimate of drug-likeness (QED) is 0.413. The molecule has 31 heavy (non-hydrogen) atoms. The maximum Gasteiger partial charge on any atom is 0.300 e. The molecule has 2 aromatic carbocycles. The molecule has 1 N–H and O–H groups in total. The number of fused-ring (bicyclic) bond motifs is 1. The molecule has 1 aliphatic rings. The van der Waals surface area contributed by atoms with Gasteiger partial charge in [0.1, 0.15) is 17.0 Å². The largest absolute Gasteiger partial charge is 0.457 e. The number of nitrogens with zero attached hydrogens (tertiary/aromatic N) is 3. The highest BCUT2D eigenvalue weighted by Crippen LogP contribution is 2.28. The topological polar surface area (TPSA) is 63.4 Å². The molecule has 4 aromatic rings. The van der Waals surface area contributed by atoms with Crippen molar-refractivity contribution in [3.8, 4) is 11.5 Å². The maximum absolute atomic E-state index is 5.92. The third kappa shape index (κ3) is 5.03. The normalized spacial score (nSPS) is 14.6. The minimum Gasteiger partial charge on any atom is -0.457 e. The number of piperidine rings is 1. The maximum atomic E-state index is 5.92. The predicted molar refractivity (Wildman–Crippen MR) is 122 cm³/mol. The van der Waals surface area contributed by atoms with Crippen molar-refractivity contribution >= 4 is 22.8 Å². The summed E-state index contributed by atoms with van der Waals surface area (Å²) in [6, 6.07) is 18.2. The van der Waals surface area contributed by atoms with Gasteiger partial charge in [-0.05, 0) is 74.3 Å². The van der Waals surface area contributed by atoms with Gasteiger partial charge in [0.2, 0.25) is 0 Å². The molecule has 1 aliphatic heterocycles. The smallest absolute Gasteiger partial charge is 0.300 e. The molecule has 0 atom stereocenters. The van der Waals surface area contributed by atoms with Crippen LogP contribution >= 0.6 is 0 Å². The highest BCUT2D eigenvalue weighted by molar-refractivity contribution is 5.77. The number of aromatic nitrogens is 2. The first-order valence-corrected chi connectivity index (χ1v) is 10.9. The van der Waals surface area contributed by atoms with Gasteiger partial charge < -0.3 is 19.4 Å². The van der Waals surface area contributed by atoms with Crippen molar-refractivity contribution < 1.29 is 9.15 Å². The molecular weight excluding hydrogens is 388 g/mol. The molecule has 5 rings (SSSR count). The fourth-order valence-electron chi connectivity index (χ4n) is 3.96. The second-order valence-electron chi connectivity index (χ2n) is 7.91. The van der Waals surface area contributed by atoms with Gasteiger partial charge in [0.25, 0.3) is 6.01 Å². The van der Waals surface area contributed by atoms with Crippen molar-refractivity contribution in [3.05, 3.63) is 72.6 Å². The molecule has 0 saturated carbocycles. The van der Waals surface area contributed by atoms with Crippen molar-refractivity contribution in [1.82, 2.24) is 14.9 Å². The Kier molecular flexibility index (Phi) is 5.80. The van der Waals surface area contributed by atoms with Gasteiger partial charge in [0.15, 0.2) is 5.58 Å². The lowest BCUT2D eigenvalue weighted by Gasteiger charge is -2.26. The predicted octanol–water partition coefficient (Wildman–Crippen LogP) is 5.79. The second kappa shape index (κ2) is 9.18. The summed E-state index contributed by atoms with van der Waals surface area (Å²) in [4.78, 5) is 11.1. The van der Waals surface area contributed by atoms with E-state index >= 15 is 0 Å². The average Bonchev–Trinajstić information content (AvgIpc) is 3.21. The lowest BCUT2D eigenvalue weighted by Crippen LogP contribution is -2.31. The van der Waals surface area contributed by atoms with Crippen molar-refractivity contribution in [2.75, 3.05) is 25.0 Å². The molecule has 0 aliphatic carbocycles. The molecule has 2 aromatic heterocycles. The van der Waals surface area contributed by atoms with Crippen molar-refractivity contribution in [1.29, 1.82) is 0 Å². The number of ether oxygens (including phenoxy) is 1. The Balaban J connectivity index is 1.25. The van der Waals surface area contributed by atoms with Crippen LogP contribution in [-0.2, 0) is 6.42 Å². The van der Waals surface area contributed by atoms with Crippen LogP contribution in [0.25, 0.3) is 11.1 Å². The molecule has 6 nitrogen and oxygen atoms in total. The lowest BCUT2D eigenvalue weighted by molar-refractivity contribution is 0.231. The number of benzene rings is 2. The Hall–Kier alpha value is -3.38. The van der Waals surface area contributed by atoms with Gasteiger partial charge in [0, 0.05) is 30.7 Å². The Morgan fingerprint density at radius 1 is 0.935 bits per heavy atom. The van der Waals surface area contributed by atoms with Crippen LogP contribution in [0.15, 0.2) is 71.4 Å². The first kappa shape index (κ1) is 19.6. The SMILES string of the molecule is c1cc(CCN2CCCCC2)cc(Nc2nc3ccc(Oc4ccncc4)cc3o2)c1. The molecule has 1 saturated heterocycles. The summed E-state index contributed by atoms with van der Waals surface area (Å²) in [6.07, 6.45) is 8.48. The summed E-state index contributed by atoms with van der Waals surface area (Å²) >= 11 is 0. The number of nitrogens with one attached hydrogen (secondary N) is 1. The second-order valence-corrected chi connectivity index (χ2v) is 7.91. The zero-order chi connectivity index (χ0) is 20.9. The van der Waals surface area contributed by atoms with Gasteiger partial charge in [-0.2, -0.15) is 4.98 Å². The number of hydrogen-bond acceptors (Lipinski definition) is 6. The molecular formula is C25H26N4O2. The van der Waals surface area contributed by atoms with E-state index in [1.807, 2.05) is 36.4 Å². The van der Waals surface area contributed by atoms with E-state index < -0.39 is 0 Å². The van der Waals surface area contributed by atoms with Gasteiger partial charge in [-0.1, -0.05) is 18.6 Å². The van der Waals surface area contributed by atoms with E-state index in [4.69, 9.17) is 9.15 Å². The summed E-state index contributed by atoms with van der Waals surface area (Å²) < 4.78 is 11.8.